The van der Waals surface area contributed by atoms with Gasteiger partial charge in [0.05, 0.1) is 6.04 Å². The number of hydrogen-bond acceptors (Lipinski definition) is 2. The molecular weight excluding hydrogens is 154 g/mol. The molecule has 1 saturated carbocycles. The van der Waals surface area contributed by atoms with E-state index in [4.69, 9.17) is 5.53 Å². The molecule has 66 valence electrons. The van der Waals surface area contributed by atoms with E-state index in [2.05, 4.69) is 10.0 Å². The first-order valence-electron chi connectivity index (χ1n) is 4.08. The van der Waals surface area contributed by atoms with Gasteiger partial charge in [0.15, 0.2) is 0 Å². The summed E-state index contributed by atoms with van der Waals surface area (Å²) in [5.74, 6) is 0.383. The van der Waals surface area contributed by atoms with Crippen LogP contribution in [0.4, 0.5) is 0 Å². The van der Waals surface area contributed by atoms with Crippen LogP contribution in [0.25, 0.3) is 10.4 Å². The van der Waals surface area contributed by atoms with E-state index in [1.807, 2.05) is 20.8 Å². The summed E-state index contributed by atoms with van der Waals surface area (Å²) in [5.41, 5.74) is 7.89. The number of Topliss-reactive ketones (excluding diaryl/α,β-unsaturated/α-hetero) is 1. The van der Waals surface area contributed by atoms with E-state index in [1.165, 1.54) is 0 Å². The van der Waals surface area contributed by atoms with Crippen molar-refractivity contribution in [2.75, 3.05) is 0 Å². The third kappa shape index (κ3) is 1.18. The van der Waals surface area contributed by atoms with Crippen molar-refractivity contribution in [3.8, 4) is 0 Å². The van der Waals surface area contributed by atoms with Crippen molar-refractivity contribution in [2.24, 2.45) is 16.4 Å². The van der Waals surface area contributed by atoms with Gasteiger partial charge in [0.1, 0.15) is 5.78 Å². The fraction of sp³-hybridized carbons (Fsp3) is 0.875. The molecule has 1 rings (SSSR count). The molecule has 0 spiro atoms. The van der Waals surface area contributed by atoms with Gasteiger partial charge in [-0.15, -0.1) is 0 Å². The second-order valence-electron chi connectivity index (χ2n) is 3.94. The van der Waals surface area contributed by atoms with Gasteiger partial charge in [-0.3, -0.25) is 4.79 Å². The van der Waals surface area contributed by atoms with Gasteiger partial charge in [0.25, 0.3) is 0 Å². The minimum atomic E-state index is -0.431. The Balaban J connectivity index is 2.90. The molecule has 2 unspecified atom stereocenters. The van der Waals surface area contributed by atoms with E-state index >= 15 is 0 Å². The third-order valence-electron chi connectivity index (χ3n) is 2.94. The van der Waals surface area contributed by atoms with Crippen LogP contribution in [-0.2, 0) is 4.79 Å². The molecule has 0 radical (unpaired) electrons. The Bertz CT molecular complexity index is 253. The molecule has 1 aliphatic rings. The van der Waals surface area contributed by atoms with Crippen molar-refractivity contribution < 1.29 is 4.79 Å². The normalized spacial score (nSPS) is 33.1. The van der Waals surface area contributed by atoms with Gasteiger partial charge in [-0.25, -0.2) is 0 Å². The average Bonchev–Trinajstić information content (AvgIpc) is 2.17. The Morgan fingerprint density at radius 2 is 2.25 bits per heavy atom. The largest absolute Gasteiger partial charge is 0.299 e. The van der Waals surface area contributed by atoms with Gasteiger partial charge >= 0.3 is 0 Å². The van der Waals surface area contributed by atoms with Gasteiger partial charge in [0.2, 0.25) is 0 Å². The van der Waals surface area contributed by atoms with Crippen molar-refractivity contribution in [3.63, 3.8) is 0 Å². The first kappa shape index (κ1) is 9.07. The molecule has 0 heterocycles. The molecule has 1 aliphatic carbocycles. The molecule has 0 N–H and O–H groups in total. The lowest BCUT2D eigenvalue weighted by Gasteiger charge is -2.20. The van der Waals surface area contributed by atoms with Crippen molar-refractivity contribution >= 4 is 5.78 Å². The van der Waals surface area contributed by atoms with E-state index in [0.717, 1.165) is 0 Å². The van der Waals surface area contributed by atoms with Crippen molar-refractivity contribution in [3.05, 3.63) is 10.4 Å². The van der Waals surface area contributed by atoms with E-state index in [1.54, 1.807) is 0 Å². The number of rotatable bonds is 1. The van der Waals surface area contributed by atoms with Crippen LogP contribution in [0, 0.1) is 11.3 Å². The number of nitrogens with zero attached hydrogens (tertiary/aromatic N) is 3. The third-order valence-corrected chi connectivity index (χ3v) is 2.94. The van der Waals surface area contributed by atoms with Gasteiger partial charge in [-0.1, -0.05) is 25.9 Å². The van der Waals surface area contributed by atoms with Crippen LogP contribution >= 0.6 is 0 Å². The predicted octanol–water partition coefficient (Wildman–Crippen LogP) is 2.30. The Morgan fingerprint density at radius 3 is 2.58 bits per heavy atom. The molecule has 0 aromatic heterocycles. The number of hydrogen-bond donors (Lipinski definition) is 0. The Morgan fingerprint density at radius 1 is 1.67 bits per heavy atom. The molecule has 2 atom stereocenters. The lowest BCUT2D eigenvalue weighted by Crippen LogP contribution is -2.26. The first-order valence-corrected chi connectivity index (χ1v) is 4.08. The molecule has 0 saturated heterocycles. The van der Waals surface area contributed by atoms with Crippen LogP contribution in [0.15, 0.2) is 5.11 Å². The van der Waals surface area contributed by atoms with Crippen molar-refractivity contribution in [2.45, 2.75) is 33.2 Å². The summed E-state index contributed by atoms with van der Waals surface area (Å²) in [6, 6.07) is -0.431. The summed E-state index contributed by atoms with van der Waals surface area (Å²) < 4.78 is 0. The lowest BCUT2D eigenvalue weighted by molar-refractivity contribution is -0.126. The van der Waals surface area contributed by atoms with Crippen molar-refractivity contribution in [1.82, 2.24) is 0 Å². The van der Waals surface area contributed by atoms with Crippen LogP contribution in [0.2, 0.25) is 0 Å². The van der Waals surface area contributed by atoms with Gasteiger partial charge in [0, 0.05) is 10.3 Å². The Kier molecular flexibility index (Phi) is 2.11. The molecule has 0 aromatic rings. The zero-order valence-corrected chi connectivity index (χ0v) is 7.61. The van der Waals surface area contributed by atoms with E-state index in [0.29, 0.717) is 12.3 Å². The molecule has 12 heavy (non-hydrogen) atoms. The SMILES string of the molecule is CC1CC(N=[N+]=[N-])C(=O)C1(C)C. The van der Waals surface area contributed by atoms with Gasteiger partial charge in [-0.2, -0.15) is 0 Å². The highest BCUT2D eigenvalue weighted by atomic mass is 16.1. The Labute approximate surface area is 71.6 Å². The molecule has 4 nitrogen and oxygen atoms in total. The summed E-state index contributed by atoms with van der Waals surface area (Å²) in [6.07, 6.45) is 0.690. The highest BCUT2D eigenvalue weighted by Crippen LogP contribution is 2.40. The fourth-order valence-electron chi connectivity index (χ4n) is 1.57. The Hall–Kier alpha value is -1.02. The summed E-state index contributed by atoms with van der Waals surface area (Å²) in [7, 11) is 0. The summed E-state index contributed by atoms with van der Waals surface area (Å²) in [6.45, 7) is 5.84. The van der Waals surface area contributed by atoms with Crippen LogP contribution in [0.1, 0.15) is 27.2 Å². The first-order chi connectivity index (χ1) is 5.50. The second kappa shape index (κ2) is 2.79. The summed E-state index contributed by atoms with van der Waals surface area (Å²) in [4.78, 5) is 14.2. The van der Waals surface area contributed by atoms with Crippen molar-refractivity contribution in [1.29, 1.82) is 0 Å². The number of ketones is 1. The quantitative estimate of drug-likeness (QED) is 0.335. The minimum Gasteiger partial charge on any atom is -0.299 e. The van der Waals surface area contributed by atoms with Crippen LogP contribution in [0.3, 0.4) is 0 Å². The lowest BCUT2D eigenvalue weighted by atomic mass is 9.82. The van der Waals surface area contributed by atoms with Crippen LogP contribution in [0.5, 0.6) is 0 Å². The zero-order valence-electron chi connectivity index (χ0n) is 7.61. The molecule has 0 bridgehead atoms. The maximum Gasteiger partial charge on any atom is 0.147 e. The molecule has 1 fully saturated rings. The summed E-state index contributed by atoms with van der Waals surface area (Å²) in [5, 5.41) is 3.48. The smallest absolute Gasteiger partial charge is 0.147 e. The van der Waals surface area contributed by atoms with E-state index in [-0.39, 0.29) is 11.2 Å². The monoisotopic (exact) mass is 167 g/mol. The highest BCUT2D eigenvalue weighted by Gasteiger charge is 2.45. The average molecular weight is 167 g/mol. The van der Waals surface area contributed by atoms with Crippen LogP contribution in [-0.4, -0.2) is 11.8 Å². The standard InChI is InChI=1S/C8H13N3O/c1-5-4-6(10-11-9)7(12)8(5,2)3/h5-6H,4H2,1-3H3. The van der Waals surface area contributed by atoms with Gasteiger partial charge in [-0.05, 0) is 17.9 Å². The minimum absolute atomic E-state index is 0.0767. The number of azide groups is 1. The number of carbonyl (C=O) groups is 1. The maximum atomic E-state index is 11.6. The zero-order chi connectivity index (χ0) is 9.35. The summed E-state index contributed by atoms with van der Waals surface area (Å²) >= 11 is 0. The molecular formula is C8H13N3O. The highest BCUT2D eigenvalue weighted by molar-refractivity contribution is 5.91. The fourth-order valence-corrected chi connectivity index (χ4v) is 1.57. The molecule has 0 aromatic carbocycles. The molecule has 0 amide bonds. The van der Waals surface area contributed by atoms with Crippen LogP contribution < -0.4 is 0 Å². The maximum absolute atomic E-state index is 11.6. The predicted molar refractivity (Wildman–Crippen MR) is 45.5 cm³/mol. The second-order valence-corrected chi connectivity index (χ2v) is 3.94. The molecule has 4 heteroatoms. The topological polar surface area (TPSA) is 65.8 Å². The molecule has 0 aliphatic heterocycles. The van der Waals surface area contributed by atoms with Gasteiger partial charge < -0.3 is 0 Å². The number of carbonyl (C=O) groups excluding carboxylic acids is 1. The van der Waals surface area contributed by atoms with E-state index in [9.17, 15) is 4.79 Å². The van der Waals surface area contributed by atoms with E-state index < -0.39 is 6.04 Å².